The van der Waals surface area contributed by atoms with Crippen molar-refractivity contribution in [1.82, 2.24) is 0 Å². The van der Waals surface area contributed by atoms with E-state index in [0.717, 1.165) is 18.4 Å². The van der Waals surface area contributed by atoms with E-state index in [0.29, 0.717) is 0 Å². The predicted octanol–water partition coefficient (Wildman–Crippen LogP) is 3.08. The first-order valence-corrected chi connectivity index (χ1v) is 6.16. The maximum Gasteiger partial charge on any atom is 0.307 e. The average molecular weight is 238 g/mol. The Morgan fingerprint density at radius 3 is 2.56 bits per heavy atom. The summed E-state index contributed by atoms with van der Waals surface area (Å²) in [6.45, 7) is 0. The Hall–Kier alpha value is -2.09. The molecule has 1 aliphatic rings. The molecule has 0 saturated carbocycles. The van der Waals surface area contributed by atoms with Crippen LogP contribution in [0.5, 0.6) is 0 Å². The van der Waals surface area contributed by atoms with Crippen molar-refractivity contribution in [3.05, 3.63) is 59.2 Å². The number of carboxylic acids is 1. The molecule has 0 atom stereocenters. The van der Waals surface area contributed by atoms with Gasteiger partial charge in [-0.3, -0.25) is 4.79 Å². The number of hydrogen-bond acceptors (Lipinski definition) is 1. The van der Waals surface area contributed by atoms with E-state index in [9.17, 15) is 4.79 Å². The molecule has 0 aromatic heterocycles. The molecule has 18 heavy (non-hydrogen) atoms. The smallest absolute Gasteiger partial charge is 0.307 e. The van der Waals surface area contributed by atoms with E-state index in [4.69, 9.17) is 5.11 Å². The van der Waals surface area contributed by atoms with Gasteiger partial charge in [-0.15, -0.1) is 0 Å². The van der Waals surface area contributed by atoms with Crippen LogP contribution >= 0.6 is 0 Å². The predicted molar refractivity (Wildman–Crippen MR) is 70.6 cm³/mol. The van der Waals surface area contributed by atoms with Gasteiger partial charge in [0.1, 0.15) is 0 Å². The van der Waals surface area contributed by atoms with Crippen LogP contribution in [0.2, 0.25) is 0 Å². The van der Waals surface area contributed by atoms with Crippen LogP contribution in [0.3, 0.4) is 0 Å². The number of carbonyl (C=O) groups is 1. The number of hydrogen-bond donors (Lipinski definition) is 1. The monoisotopic (exact) mass is 238 g/mol. The Balaban J connectivity index is 2.05. The van der Waals surface area contributed by atoms with Gasteiger partial charge >= 0.3 is 5.97 Å². The fraction of sp³-hybridized carbons (Fsp3) is 0.188. The Morgan fingerprint density at radius 1 is 1.00 bits per heavy atom. The zero-order valence-corrected chi connectivity index (χ0v) is 10.0. The molecule has 0 spiro atoms. The third-order valence-corrected chi connectivity index (χ3v) is 3.50. The Labute approximate surface area is 106 Å². The quantitative estimate of drug-likeness (QED) is 0.873. The highest BCUT2D eigenvalue weighted by Gasteiger charge is 2.15. The summed E-state index contributed by atoms with van der Waals surface area (Å²) in [5, 5.41) is 8.83. The fourth-order valence-electron chi connectivity index (χ4n) is 2.67. The highest BCUT2D eigenvalue weighted by atomic mass is 16.4. The van der Waals surface area contributed by atoms with Gasteiger partial charge in [-0.05, 0) is 40.7 Å². The zero-order valence-electron chi connectivity index (χ0n) is 10.0. The maximum atomic E-state index is 10.7. The van der Waals surface area contributed by atoms with Crippen molar-refractivity contribution in [2.75, 3.05) is 0 Å². The maximum absolute atomic E-state index is 10.7. The van der Waals surface area contributed by atoms with Gasteiger partial charge in [0.15, 0.2) is 0 Å². The van der Waals surface area contributed by atoms with Crippen LogP contribution in [0.15, 0.2) is 42.5 Å². The summed E-state index contributed by atoms with van der Waals surface area (Å²) in [6, 6.07) is 14.5. The molecule has 0 saturated heterocycles. The highest BCUT2D eigenvalue weighted by molar-refractivity contribution is 5.75. The van der Waals surface area contributed by atoms with Crippen LogP contribution in [0.1, 0.15) is 16.7 Å². The first-order chi connectivity index (χ1) is 8.74. The minimum atomic E-state index is -0.772. The molecule has 2 aromatic carbocycles. The SMILES string of the molecule is O=C(O)Cc1ccc2c(c1)CCc1ccccc1-2. The molecule has 0 radical (unpaired) electrons. The molecule has 0 unspecified atom stereocenters. The third-order valence-electron chi connectivity index (χ3n) is 3.50. The second-order valence-electron chi connectivity index (χ2n) is 4.72. The Bertz CT molecular complexity index is 614. The van der Waals surface area contributed by atoms with Crippen molar-refractivity contribution in [3.8, 4) is 11.1 Å². The highest BCUT2D eigenvalue weighted by Crippen LogP contribution is 2.33. The van der Waals surface area contributed by atoms with E-state index in [1.54, 1.807) is 0 Å². The summed E-state index contributed by atoms with van der Waals surface area (Å²) in [6.07, 6.45) is 2.15. The standard InChI is InChI=1S/C16H14O2/c17-16(18)10-11-5-8-15-13(9-11)7-6-12-3-1-2-4-14(12)15/h1-5,8-9H,6-7,10H2,(H,17,18). The van der Waals surface area contributed by atoms with Crippen LogP contribution in [0.4, 0.5) is 0 Å². The molecule has 0 heterocycles. The van der Waals surface area contributed by atoms with Gasteiger partial charge < -0.3 is 5.11 Å². The number of fused-ring (bicyclic) bond motifs is 3. The molecular weight excluding hydrogens is 224 g/mol. The van der Waals surface area contributed by atoms with Gasteiger partial charge in [0.05, 0.1) is 6.42 Å². The first kappa shape index (κ1) is 11.0. The molecule has 1 N–H and O–H groups in total. The minimum Gasteiger partial charge on any atom is -0.481 e. The number of benzene rings is 2. The molecule has 1 aliphatic carbocycles. The number of aryl methyl sites for hydroxylation is 2. The third kappa shape index (κ3) is 1.90. The van der Waals surface area contributed by atoms with E-state index in [1.807, 2.05) is 12.1 Å². The van der Waals surface area contributed by atoms with E-state index >= 15 is 0 Å². The number of carboxylic acid groups (broad SMARTS) is 1. The average Bonchev–Trinajstić information content (AvgIpc) is 2.37. The summed E-state index contributed by atoms with van der Waals surface area (Å²) in [5.74, 6) is -0.772. The molecule has 0 aliphatic heterocycles. The van der Waals surface area contributed by atoms with Crippen molar-refractivity contribution in [2.45, 2.75) is 19.3 Å². The van der Waals surface area contributed by atoms with Crippen LogP contribution in [0, 0.1) is 0 Å². The van der Waals surface area contributed by atoms with Crippen molar-refractivity contribution in [3.63, 3.8) is 0 Å². The molecule has 90 valence electrons. The summed E-state index contributed by atoms with van der Waals surface area (Å²) in [5.41, 5.74) is 6.09. The van der Waals surface area contributed by atoms with Gasteiger partial charge in [0, 0.05) is 0 Å². The Morgan fingerprint density at radius 2 is 1.72 bits per heavy atom. The Kier molecular flexibility index (Phi) is 2.63. The summed E-state index contributed by atoms with van der Waals surface area (Å²) in [7, 11) is 0. The zero-order chi connectivity index (χ0) is 12.5. The summed E-state index contributed by atoms with van der Waals surface area (Å²) < 4.78 is 0. The van der Waals surface area contributed by atoms with Gasteiger partial charge in [-0.2, -0.15) is 0 Å². The molecule has 0 amide bonds. The molecule has 0 bridgehead atoms. The van der Waals surface area contributed by atoms with Gasteiger partial charge in [-0.1, -0.05) is 42.5 Å². The normalized spacial score (nSPS) is 12.7. The van der Waals surface area contributed by atoms with Gasteiger partial charge in [0.25, 0.3) is 0 Å². The van der Waals surface area contributed by atoms with E-state index < -0.39 is 5.97 Å². The lowest BCUT2D eigenvalue weighted by atomic mass is 9.84. The van der Waals surface area contributed by atoms with E-state index in [2.05, 4.69) is 30.3 Å². The van der Waals surface area contributed by atoms with Crippen molar-refractivity contribution in [2.24, 2.45) is 0 Å². The lowest BCUT2D eigenvalue weighted by Crippen LogP contribution is -2.06. The van der Waals surface area contributed by atoms with Crippen LogP contribution < -0.4 is 0 Å². The summed E-state index contributed by atoms with van der Waals surface area (Å²) >= 11 is 0. The lowest BCUT2D eigenvalue weighted by molar-refractivity contribution is -0.136. The van der Waals surface area contributed by atoms with Crippen molar-refractivity contribution < 1.29 is 9.90 Å². The largest absolute Gasteiger partial charge is 0.481 e. The first-order valence-electron chi connectivity index (χ1n) is 6.16. The summed E-state index contributed by atoms with van der Waals surface area (Å²) in [4.78, 5) is 10.7. The molecule has 2 heteroatoms. The molecular formula is C16H14O2. The topological polar surface area (TPSA) is 37.3 Å². The van der Waals surface area contributed by atoms with Gasteiger partial charge in [0.2, 0.25) is 0 Å². The fourth-order valence-corrected chi connectivity index (χ4v) is 2.67. The molecule has 2 aromatic rings. The second kappa shape index (κ2) is 4.30. The molecule has 2 nitrogen and oxygen atoms in total. The van der Waals surface area contributed by atoms with E-state index in [1.165, 1.54) is 22.3 Å². The van der Waals surface area contributed by atoms with Gasteiger partial charge in [-0.25, -0.2) is 0 Å². The number of aliphatic carboxylic acids is 1. The molecule has 0 fully saturated rings. The van der Waals surface area contributed by atoms with Crippen molar-refractivity contribution >= 4 is 5.97 Å². The second-order valence-corrected chi connectivity index (χ2v) is 4.72. The van der Waals surface area contributed by atoms with Crippen LogP contribution in [-0.4, -0.2) is 11.1 Å². The minimum absolute atomic E-state index is 0.106. The molecule has 3 rings (SSSR count). The van der Waals surface area contributed by atoms with Crippen LogP contribution in [-0.2, 0) is 24.1 Å². The lowest BCUT2D eigenvalue weighted by Gasteiger charge is -2.20. The number of rotatable bonds is 2. The van der Waals surface area contributed by atoms with E-state index in [-0.39, 0.29) is 6.42 Å². The van der Waals surface area contributed by atoms with Crippen LogP contribution in [0.25, 0.3) is 11.1 Å². The van der Waals surface area contributed by atoms with Crippen molar-refractivity contribution in [1.29, 1.82) is 0 Å².